The van der Waals surface area contributed by atoms with Crippen LogP contribution in [0.5, 0.6) is 0 Å². The van der Waals surface area contributed by atoms with Crippen LogP contribution in [0.15, 0.2) is 24.3 Å². The van der Waals surface area contributed by atoms with Crippen molar-refractivity contribution in [3.63, 3.8) is 0 Å². The van der Waals surface area contributed by atoms with Gasteiger partial charge in [0.2, 0.25) is 15.9 Å². The maximum Gasteiger partial charge on any atom is 0.235 e. The second kappa shape index (κ2) is 6.50. The molecule has 0 heterocycles. The summed E-state index contributed by atoms with van der Waals surface area (Å²) in [5, 5.41) is 2.71. The molecular weight excluding hydrogens is 310 g/mol. The van der Waals surface area contributed by atoms with Gasteiger partial charge in [-0.25, -0.2) is 13.1 Å². The van der Waals surface area contributed by atoms with Crippen molar-refractivity contribution in [2.75, 3.05) is 6.54 Å². The van der Waals surface area contributed by atoms with Crippen LogP contribution < -0.4 is 15.8 Å². The van der Waals surface area contributed by atoms with Gasteiger partial charge in [-0.3, -0.25) is 4.79 Å². The van der Waals surface area contributed by atoms with Gasteiger partial charge in [0.1, 0.15) is 4.99 Å². The first-order valence-corrected chi connectivity index (χ1v) is 8.57. The highest BCUT2D eigenvalue weighted by molar-refractivity contribution is 7.88. The molecule has 1 fully saturated rings. The van der Waals surface area contributed by atoms with E-state index in [-0.39, 0.29) is 29.2 Å². The molecule has 114 valence electrons. The maximum absolute atomic E-state index is 11.9. The number of sulfonamides is 1. The number of carbonyl (C=O) groups excluding carboxylic acids is 1. The first kappa shape index (κ1) is 15.9. The predicted octanol–water partition coefficient (Wildman–Crippen LogP) is 0.0188. The molecule has 1 amide bonds. The summed E-state index contributed by atoms with van der Waals surface area (Å²) in [6, 6.07) is 6.93. The number of amides is 1. The normalized spacial score (nSPS) is 14.7. The Kier molecular flexibility index (Phi) is 4.92. The van der Waals surface area contributed by atoms with E-state index in [1.807, 2.05) is 0 Å². The van der Waals surface area contributed by atoms with Gasteiger partial charge >= 0.3 is 0 Å². The molecule has 8 heteroatoms. The van der Waals surface area contributed by atoms with Gasteiger partial charge in [-0.05, 0) is 24.5 Å². The number of hydrogen-bond acceptors (Lipinski definition) is 4. The summed E-state index contributed by atoms with van der Waals surface area (Å²) >= 11 is 4.85. The predicted molar refractivity (Wildman–Crippen MR) is 84.1 cm³/mol. The zero-order chi connectivity index (χ0) is 15.5. The number of benzene rings is 1. The number of hydrogen-bond donors (Lipinski definition) is 3. The largest absolute Gasteiger partial charge is 0.389 e. The van der Waals surface area contributed by atoms with Crippen molar-refractivity contribution in [3.8, 4) is 0 Å². The Bertz CT molecular complexity index is 654. The Morgan fingerprint density at radius 1 is 1.38 bits per heavy atom. The molecule has 1 aliphatic rings. The van der Waals surface area contributed by atoms with E-state index in [9.17, 15) is 13.2 Å². The summed E-state index contributed by atoms with van der Waals surface area (Å²) in [7, 11) is -3.58. The molecule has 1 saturated carbocycles. The van der Waals surface area contributed by atoms with Gasteiger partial charge in [-0.15, -0.1) is 0 Å². The molecule has 1 aromatic rings. The highest BCUT2D eigenvalue weighted by Gasteiger charge is 2.23. The van der Waals surface area contributed by atoms with Crippen LogP contribution >= 0.6 is 12.2 Å². The van der Waals surface area contributed by atoms with Crippen molar-refractivity contribution in [2.24, 2.45) is 5.73 Å². The minimum atomic E-state index is -3.58. The first-order valence-electron chi connectivity index (χ1n) is 6.51. The Balaban J connectivity index is 1.91. The van der Waals surface area contributed by atoms with Gasteiger partial charge in [0.25, 0.3) is 0 Å². The molecule has 0 saturated heterocycles. The third kappa shape index (κ3) is 5.41. The van der Waals surface area contributed by atoms with E-state index >= 15 is 0 Å². The minimum absolute atomic E-state index is 0.212. The average molecular weight is 327 g/mol. The smallest absolute Gasteiger partial charge is 0.235 e. The second-order valence-electron chi connectivity index (χ2n) is 4.99. The van der Waals surface area contributed by atoms with Crippen LogP contribution in [0.2, 0.25) is 0 Å². The second-order valence-corrected chi connectivity index (χ2v) is 7.23. The summed E-state index contributed by atoms with van der Waals surface area (Å²) in [6.07, 6.45) is 1.93. The Morgan fingerprint density at radius 3 is 2.71 bits per heavy atom. The number of rotatable bonds is 7. The molecule has 0 unspecified atom stereocenters. The highest BCUT2D eigenvalue weighted by Crippen LogP contribution is 2.18. The quantitative estimate of drug-likeness (QED) is 0.613. The third-order valence-corrected chi connectivity index (χ3v) is 4.50. The van der Waals surface area contributed by atoms with Gasteiger partial charge in [0.05, 0.1) is 12.3 Å². The van der Waals surface area contributed by atoms with Crippen molar-refractivity contribution in [3.05, 3.63) is 35.4 Å². The molecule has 21 heavy (non-hydrogen) atoms. The number of nitrogens with one attached hydrogen (secondary N) is 2. The van der Waals surface area contributed by atoms with E-state index < -0.39 is 10.0 Å². The van der Waals surface area contributed by atoms with Crippen LogP contribution in [-0.4, -0.2) is 31.9 Å². The number of thiocarbonyl (C=S) groups is 1. The van der Waals surface area contributed by atoms with Crippen molar-refractivity contribution >= 4 is 33.1 Å². The van der Waals surface area contributed by atoms with Crippen LogP contribution in [0.3, 0.4) is 0 Å². The van der Waals surface area contributed by atoms with Crippen LogP contribution in [0.1, 0.15) is 24.0 Å². The fraction of sp³-hybridized carbons (Fsp3) is 0.385. The van der Waals surface area contributed by atoms with Gasteiger partial charge in [-0.2, -0.15) is 0 Å². The van der Waals surface area contributed by atoms with E-state index in [0.717, 1.165) is 12.8 Å². The molecule has 6 nitrogen and oxygen atoms in total. The summed E-state index contributed by atoms with van der Waals surface area (Å²) in [5.41, 5.74) is 6.69. The van der Waals surface area contributed by atoms with Gasteiger partial charge < -0.3 is 11.1 Å². The number of carbonyl (C=O) groups is 1. The lowest BCUT2D eigenvalue weighted by Gasteiger charge is -2.08. The van der Waals surface area contributed by atoms with Gasteiger partial charge in [0, 0.05) is 11.6 Å². The lowest BCUT2D eigenvalue weighted by molar-refractivity contribution is -0.120. The summed E-state index contributed by atoms with van der Waals surface area (Å²) in [4.78, 5) is 11.7. The Morgan fingerprint density at radius 2 is 2.10 bits per heavy atom. The van der Waals surface area contributed by atoms with Crippen molar-refractivity contribution in [1.29, 1.82) is 0 Å². The standard InChI is InChI=1S/C13H17N3O3S2/c14-13(20)10-3-1-2-9(6-10)8-21(18,19)15-7-12(17)16-11-4-5-11/h1-3,6,11,15H,4-5,7-8H2,(H2,14,20)(H,16,17). The van der Waals surface area contributed by atoms with Crippen LogP contribution in [0.4, 0.5) is 0 Å². The first-order chi connectivity index (χ1) is 9.85. The van der Waals surface area contributed by atoms with E-state index in [1.165, 1.54) is 0 Å². The summed E-state index contributed by atoms with van der Waals surface area (Å²) in [5.74, 6) is -0.530. The zero-order valence-corrected chi connectivity index (χ0v) is 13.0. The molecule has 0 spiro atoms. The zero-order valence-electron chi connectivity index (χ0n) is 11.3. The van der Waals surface area contributed by atoms with E-state index in [4.69, 9.17) is 18.0 Å². The van der Waals surface area contributed by atoms with E-state index in [2.05, 4.69) is 10.0 Å². The molecular formula is C13H17N3O3S2. The number of nitrogens with two attached hydrogens (primary N) is 1. The molecule has 0 radical (unpaired) electrons. The van der Waals surface area contributed by atoms with Crippen LogP contribution in [0.25, 0.3) is 0 Å². The molecule has 4 N–H and O–H groups in total. The van der Waals surface area contributed by atoms with Crippen LogP contribution in [-0.2, 0) is 20.6 Å². The van der Waals surface area contributed by atoms with Crippen molar-refractivity contribution < 1.29 is 13.2 Å². The van der Waals surface area contributed by atoms with Crippen molar-refractivity contribution in [2.45, 2.75) is 24.6 Å². The molecule has 1 aliphatic carbocycles. The summed E-state index contributed by atoms with van der Waals surface area (Å²) in [6.45, 7) is -0.242. The third-order valence-electron chi connectivity index (χ3n) is 2.96. The molecule has 0 aromatic heterocycles. The molecule has 2 rings (SSSR count). The Hall–Kier alpha value is -1.51. The molecule has 0 aliphatic heterocycles. The highest BCUT2D eigenvalue weighted by atomic mass is 32.2. The van der Waals surface area contributed by atoms with Gasteiger partial charge in [-0.1, -0.05) is 30.4 Å². The van der Waals surface area contributed by atoms with E-state index in [1.54, 1.807) is 24.3 Å². The fourth-order valence-electron chi connectivity index (χ4n) is 1.77. The maximum atomic E-state index is 11.9. The van der Waals surface area contributed by atoms with Gasteiger partial charge in [0.15, 0.2) is 0 Å². The minimum Gasteiger partial charge on any atom is -0.389 e. The average Bonchev–Trinajstić information content (AvgIpc) is 3.20. The Labute approximate surface area is 129 Å². The molecule has 0 atom stereocenters. The SMILES string of the molecule is NC(=S)c1cccc(CS(=O)(=O)NCC(=O)NC2CC2)c1. The topological polar surface area (TPSA) is 101 Å². The van der Waals surface area contributed by atoms with E-state index in [0.29, 0.717) is 11.1 Å². The lowest BCUT2D eigenvalue weighted by atomic mass is 10.1. The molecule has 1 aromatic carbocycles. The van der Waals surface area contributed by atoms with Crippen molar-refractivity contribution in [1.82, 2.24) is 10.0 Å². The summed E-state index contributed by atoms with van der Waals surface area (Å²) < 4.78 is 26.1. The fourth-order valence-corrected chi connectivity index (χ4v) is 2.97. The van der Waals surface area contributed by atoms with Crippen LogP contribution in [0, 0.1) is 0 Å². The molecule has 0 bridgehead atoms. The monoisotopic (exact) mass is 327 g/mol. The lowest BCUT2D eigenvalue weighted by Crippen LogP contribution is -2.38.